The van der Waals surface area contributed by atoms with Crippen LogP contribution in [0.15, 0.2) is 23.1 Å². The summed E-state index contributed by atoms with van der Waals surface area (Å²) < 4.78 is 0.927. The van der Waals surface area contributed by atoms with Crippen LogP contribution in [0.5, 0.6) is 0 Å². The van der Waals surface area contributed by atoms with Crippen LogP contribution in [0, 0.1) is 23.2 Å². The largest absolute Gasteiger partial charge is 0.359 e. The van der Waals surface area contributed by atoms with E-state index in [0.717, 1.165) is 20.9 Å². The highest BCUT2D eigenvalue weighted by molar-refractivity contribution is 9.10. The van der Waals surface area contributed by atoms with Crippen molar-refractivity contribution in [2.24, 2.45) is 0 Å². The molecular formula is C12H8BrN3. The lowest BCUT2D eigenvalue weighted by Crippen LogP contribution is -1.76. The Morgan fingerprint density at radius 1 is 1.38 bits per heavy atom. The minimum absolute atomic E-state index is 0.470. The number of hydrogen-bond acceptors (Lipinski definition) is 2. The van der Waals surface area contributed by atoms with Gasteiger partial charge in [0.15, 0.2) is 0 Å². The maximum atomic E-state index is 8.40. The van der Waals surface area contributed by atoms with Gasteiger partial charge < -0.3 is 4.98 Å². The summed E-state index contributed by atoms with van der Waals surface area (Å²) in [7, 11) is 0. The fourth-order valence-electron chi connectivity index (χ4n) is 1.41. The molecule has 78 valence electrons. The molecule has 0 amide bonds. The zero-order valence-corrected chi connectivity index (χ0v) is 10.0. The summed E-state index contributed by atoms with van der Waals surface area (Å²) in [6.07, 6.45) is 6.44. The lowest BCUT2D eigenvalue weighted by molar-refractivity contribution is 1.09. The molecule has 0 saturated carbocycles. The van der Waals surface area contributed by atoms with Gasteiger partial charge in [-0.15, -0.1) is 0 Å². The van der Waals surface area contributed by atoms with Crippen LogP contribution in [-0.2, 0) is 0 Å². The number of fused-ring (bicyclic) bond motifs is 1. The van der Waals surface area contributed by atoms with Crippen LogP contribution < -0.4 is 0 Å². The highest BCUT2D eigenvalue weighted by Gasteiger charge is 2.04. The van der Waals surface area contributed by atoms with Crippen LogP contribution >= 0.6 is 15.9 Å². The lowest BCUT2D eigenvalue weighted by Gasteiger charge is -1.93. The van der Waals surface area contributed by atoms with E-state index in [9.17, 15) is 0 Å². The van der Waals surface area contributed by atoms with Gasteiger partial charge in [0.2, 0.25) is 0 Å². The molecule has 3 nitrogen and oxygen atoms in total. The van der Waals surface area contributed by atoms with Gasteiger partial charge in [-0.3, -0.25) is 4.98 Å². The number of nitrogens with zero attached hydrogens (tertiary/aromatic N) is 2. The quantitative estimate of drug-likeness (QED) is 0.642. The second-order valence-corrected chi connectivity index (χ2v) is 4.06. The van der Waals surface area contributed by atoms with E-state index in [1.165, 1.54) is 0 Å². The Kier molecular flexibility index (Phi) is 3.24. The molecule has 16 heavy (non-hydrogen) atoms. The molecule has 2 heterocycles. The molecule has 0 aromatic carbocycles. The second kappa shape index (κ2) is 4.83. The Bertz CT molecular complexity index is 610. The predicted octanol–water partition coefficient (Wildman–Crippen LogP) is 2.98. The number of H-pyrrole nitrogens is 1. The zero-order chi connectivity index (χ0) is 11.4. The predicted molar refractivity (Wildman–Crippen MR) is 65.5 cm³/mol. The van der Waals surface area contributed by atoms with Gasteiger partial charge in [0.1, 0.15) is 0 Å². The molecule has 0 unspecified atom stereocenters. The van der Waals surface area contributed by atoms with Gasteiger partial charge in [-0.1, -0.05) is 11.8 Å². The minimum Gasteiger partial charge on any atom is -0.359 e. The van der Waals surface area contributed by atoms with Crippen molar-refractivity contribution in [1.29, 1.82) is 5.26 Å². The molecule has 0 atom stereocenters. The van der Waals surface area contributed by atoms with Crippen molar-refractivity contribution >= 4 is 26.8 Å². The number of rotatable bonds is 1. The van der Waals surface area contributed by atoms with Crippen LogP contribution in [0.4, 0.5) is 0 Å². The van der Waals surface area contributed by atoms with E-state index in [2.05, 4.69) is 43.8 Å². The van der Waals surface area contributed by atoms with E-state index < -0.39 is 0 Å². The van der Waals surface area contributed by atoms with Crippen molar-refractivity contribution < 1.29 is 0 Å². The van der Waals surface area contributed by atoms with Crippen LogP contribution in [0.3, 0.4) is 0 Å². The number of unbranched alkanes of at least 4 members (excludes halogenated alkanes) is 1. The Labute approximate surface area is 102 Å². The van der Waals surface area contributed by atoms with Crippen molar-refractivity contribution in [2.75, 3.05) is 0 Å². The summed E-state index contributed by atoms with van der Waals surface area (Å²) >= 11 is 3.45. The van der Waals surface area contributed by atoms with Gasteiger partial charge in [0.25, 0.3) is 0 Å². The number of nitrogens with one attached hydrogen (secondary N) is 1. The molecule has 0 radical (unpaired) electrons. The Hall–Kier alpha value is -1.78. The number of aromatic nitrogens is 2. The van der Waals surface area contributed by atoms with Gasteiger partial charge in [-0.05, 0) is 15.9 Å². The Morgan fingerprint density at radius 2 is 2.25 bits per heavy atom. The van der Waals surface area contributed by atoms with E-state index in [4.69, 9.17) is 5.26 Å². The van der Waals surface area contributed by atoms with Crippen molar-refractivity contribution in [3.05, 3.63) is 28.6 Å². The first-order chi connectivity index (χ1) is 7.83. The van der Waals surface area contributed by atoms with Gasteiger partial charge in [0.05, 0.1) is 23.3 Å². The molecule has 4 heteroatoms. The number of halogens is 1. The Balaban J connectivity index is 2.38. The van der Waals surface area contributed by atoms with Gasteiger partial charge in [0, 0.05) is 35.1 Å². The van der Waals surface area contributed by atoms with Crippen LogP contribution in [0.25, 0.3) is 10.9 Å². The molecule has 0 saturated heterocycles. The van der Waals surface area contributed by atoms with Gasteiger partial charge >= 0.3 is 0 Å². The fraction of sp³-hybridized carbons (Fsp3) is 0.167. The van der Waals surface area contributed by atoms with Crippen LogP contribution in [0.2, 0.25) is 0 Å². The van der Waals surface area contributed by atoms with Crippen molar-refractivity contribution in [1.82, 2.24) is 9.97 Å². The second-order valence-electron chi connectivity index (χ2n) is 3.21. The maximum Gasteiger partial charge on any atom is 0.0664 e. The maximum absolute atomic E-state index is 8.40. The average Bonchev–Trinajstić information content (AvgIpc) is 2.69. The zero-order valence-electron chi connectivity index (χ0n) is 8.42. The normalized spacial score (nSPS) is 9.50. The van der Waals surface area contributed by atoms with E-state index in [1.807, 2.05) is 6.20 Å². The highest BCUT2D eigenvalue weighted by atomic mass is 79.9. The molecule has 0 aliphatic carbocycles. The summed E-state index contributed by atoms with van der Waals surface area (Å²) in [6.45, 7) is 0. The summed E-state index contributed by atoms with van der Waals surface area (Å²) in [5.74, 6) is 6.03. The van der Waals surface area contributed by atoms with E-state index >= 15 is 0 Å². The lowest BCUT2D eigenvalue weighted by atomic mass is 10.2. The van der Waals surface area contributed by atoms with Gasteiger partial charge in [-0.25, -0.2) is 0 Å². The molecule has 2 rings (SSSR count). The smallest absolute Gasteiger partial charge is 0.0664 e. The Morgan fingerprint density at radius 3 is 3.06 bits per heavy atom. The SMILES string of the molecule is N#CCCC#Cc1c[nH]c2cncc(Br)c12. The monoisotopic (exact) mass is 273 g/mol. The van der Waals surface area contributed by atoms with Crippen LogP contribution in [-0.4, -0.2) is 9.97 Å². The third-order valence-corrected chi connectivity index (χ3v) is 2.73. The molecule has 0 spiro atoms. The first-order valence-electron chi connectivity index (χ1n) is 4.79. The van der Waals surface area contributed by atoms with Crippen molar-refractivity contribution in [3.8, 4) is 17.9 Å². The molecule has 1 N–H and O–H groups in total. The average molecular weight is 274 g/mol. The van der Waals surface area contributed by atoms with E-state index in [-0.39, 0.29) is 0 Å². The van der Waals surface area contributed by atoms with Crippen molar-refractivity contribution in [3.63, 3.8) is 0 Å². The van der Waals surface area contributed by atoms with Gasteiger partial charge in [-0.2, -0.15) is 5.26 Å². The summed E-state index contributed by atoms with van der Waals surface area (Å²) in [5.41, 5.74) is 1.89. The molecule has 0 aliphatic rings. The summed E-state index contributed by atoms with van der Waals surface area (Å²) in [4.78, 5) is 7.18. The first-order valence-corrected chi connectivity index (χ1v) is 5.58. The van der Waals surface area contributed by atoms with E-state index in [1.54, 1.807) is 12.4 Å². The standard InChI is InChI=1S/C12H8BrN3/c13-10-7-15-8-11-12(10)9(6-16-11)4-2-1-3-5-14/h6-8,16H,1,3H2. The molecule has 0 bridgehead atoms. The number of hydrogen-bond donors (Lipinski definition) is 1. The summed E-state index contributed by atoms with van der Waals surface area (Å²) in [6, 6.07) is 2.07. The third-order valence-electron chi connectivity index (χ3n) is 2.13. The molecule has 2 aromatic heterocycles. The number of aromatic amines is 1. The van der Waals surface area contributed by atoms with Crippen molar-refractivity contribution in [2.45, 2.75) is 12.8 Å². The number of pyridine rings is 1. The fourth-order valence-corrected chi connectivity index (χ4v) is 1.96. The molecule has 0 aliphatic heterocycles. The third kappa shape index (κ3) is 2.08. The van der Waals surface area contributed by atoms with E-state index in [0.29, 0.717) is 12.8 Å². The molecular weight excluding hydrogens is 266 g/mol. The first kappa shape index (κ1) is 10.7. The molecule has 2 aromatic rings. The molecule has 0 fully saturated rings. The number of nitriles is 1. The van der Waals surface area contributed by atoms with Crippen LogP contribution in [0.1, 0.15) is 18.4 Å². The minimum atomic E-state index is 0.470. The highest BCUT2D eigenvalue weighted by Crippen LogP contribution is 2.25. The topological polar surface area (TPSA) is 52.5 Å². The summed E-state index contributed by atoms with van der Waals surface area (Å²) in [5, 5.41) is 9.44.